The maximum Gasteiger partial charge on any atom is 0.221 e. The Morgan fingerprint density at radius 1 is 1.21 bits per heavy atom. The minimum absolute atomic E-state index is 0.0963. The molecule has 1 aliphatic rings. The molecule has 3 heterocycles. The Labute approximate surface area is 218 Å². The van der Waals surface area contributed by atoms with Gasteiger partial charge in [0.2, 0.25) is 11.8 Å². The van der Waals surface area contributed by atoms with E-state index in [0.29, 0.717) is 41.4 Å². The average molecular weight is 514 g/mol. The van der Waals surface area contributed by atoms with E-state index in [1.54, 1.807) is 24.5 Å². The Balaban J connectivity index is 1.47. The van der Waals surface area contributed by atoms with Crippen LogP contribution in [0.4, 0.5) is 11.8 Å². The third kappa shape index (κ3) is 4.83. The number of hydrogen-bond acceptors (Lipinski definition) is 11. The van der Waals surface area contributed by atoms with Gasteiger partial charge in [0.05, 0.1) is 19.8 Å². The van der Waals surface area contributed by atoms with Crippen molar-refractivity contribution in [2.75, 3.05) is 32.2 Å². The Kier molecular flexibility index (Phi) is 6.85. The molecule has 194 valence electrons. The molecule has 0 aliphatic carbocycles. The van der Waals surface area contributed by atoms with Crippen LogP contribution in [-0.2, 0) is 12.8 Å². The number of ketones is 1. The summed E-state index contributed by atoms with van der Waals surface area (Å²) in [7, 11) is 3.02. The first-order valence-corrected chi connectivity index (χ1v) is 11.9. The predicted molar refractivity (Wildman–Crippen MR) is 140 cm³/mol. The van der Waals surface area contributed by atoms with E-state index in [1.165, 1.54) is 25.9 Å². The van der Waals surface area contributed by atoms with E-state index in [4.69, 9.17) is 20.9 Å². The van der Waals surface area contributed by atoms with Crippen molar-refractivity contribution in [3.63, 3.8) is 0 Å². The molecule has 12 nitrogen and oxygen atoms in total. The molecule has 2 aromatic carbocycles. The Bertz CT molecular complexity index is 1490. The van der Waals surface area contributed by atoms with Crippen LogP contribution in [0.5, 0.6) is 11.5 Å². The van der Waals surface area contributed by atoms with E-state index >= 15 is 0 Å². The van der Waals surface area contributed by atoms with E-state index in [9.17, 15) is 4.79 Å². The summed E-state index contributed by atoms with van der Waals surface area (Å²) in [4.78, 5) is 23.6. The molecule has 0 amide bonds. The van der Waals surface area contributed by atoms with Gasteiger partial charge in [0.25, 0.3) is 0 Å². The maximum absolute atomic E-state index is 13.5. The van der Waals surface area contributed by atoms with Gasteiger partial charge < -0.3 is 25.8 Å². The van der Waals surface area contributed by atoms with Crippen molar-refractivity contribution in [3.8, 4) is 11.5 Å². The topological polar surface area (TPSA) is 171 Å². The highest BCUT2D eigenvalue weighted by Crippen LogP contribution is 2.36. The fourth-order valence-corrected chi connectivity index (χ4v) is 4.67. The first-order chi connectivity index (χ1) is 18.5. The lowest BCUT2D eigenvalue weighted by Crippen LogP contribution is -2.33. The molecular weight excluding hydrogens is 486 g/mol. The minimum Gasteiger partial charge on any atom is -0.493 e. The second kappa shape index (κ2) is 10.5. The zero-order chi connectivity index (χ0) is 26.6. The summed E-state index contributed by atoms with van der Waals surface area (Å²) in [5.41, 5.74) is 15.7. The quantitative estimate of drug-likeness (QED) is 0.233. The molecule has 5 rings (SSSR count). The van der Waals surface area contributed by atoms with Gasteiger partial charge in [-0.3, -0.25) is 4.79 Å². The van der Waals surface area contributed by atoms with Crippen LogP contribution >= 0.6 is 0 Å². The van der Waals surface area contributed by atoms with Crippen molar-refractivity contribution >= 4 is 17.5 Å². The molecule has 1 atom stereocenters. The van der Waals surface area contributed by atoms with Crippen molar-refractivity contribution < 1.29 is 14.3 Å². The number of nitrogens with one attached hydrogen (secondary N) is 1. The van der Waals surface area contributed by atoms with Crippen molar-refractivity contribution in [3.05, 3.63) is 88.5 Å². The molecule has 12 heteroatoms. The van der Waals surface area contributed by atoms with Crippen LogP contribution in [0.25, 0.3) is 0 Å². The van der Waals surface area contributed by atoms with E-state index in [0.717, 1.165) is 17.5 Å². The van der Waals surface area contributed by atoms with Gasteiger partial charge in [0.15, 0.2) is 17.3 Å². The number of methoxy groups -OCH3 is 2. The first kappa shape index (κ1) is 24.7. The number of aromatic amines is 1. The second-order valence-corrected chi connectivity index (χ2v) is 8.73. The number of fused-ring (bicyclic) bond motifs is 1. The fourth-order valence-electron chi connectivity index (χ4n) is 4.67. The number of nitrogens with two attached hydrogens (primary N) is 2. The van der Waals surface area contributed by atoms with E-state index in [-0.39, 0.29) is 23.6 Å². The Morgan fingerprint density at radius 3 is 2.79 bits per heavy atom. The number of allylic oxidation sites excluding steroid dienone is 1. The molecule has 4 aromatic rings. The summed E-state index contributed by atoms with van der Waals surface area (Å²) >= 11 is 0. The molecule has 0 saturated heterocycles. The lowest BCUT2D eigenvalue weighted by Gasteiger charge is -2.34. The number of tetrazole rings is 1. The number of hydrogen-bond donors (Lipinski definition) is 3. The SMILES string of the molecule is COc1cc(Cc2cnc(N)nc2N)cc(C(=O)/C=C/N2CCc3ccccc3C2c2nn[nH]n2)c1OC. The number of anilines is 2. The van der Waals surface area contributed by atoms with Gasteiger partial charge in [-0.05, 0) is 35.2 Å². The number of nitrogens with zero attached hydrogens (tertiary/aromatic N) is 6. The zero-order valence-corrected chi connectivity index (χ0v) is 21.0. The molecule has 0 radical (unpaired) electrons. The summed E-state index contributed by atoms with van der Waals surface area (Å²) in [5.74, 6) is 1.41. The van der Waals surface area contributed by atoms with Crippen LogP contribution in [0.1, 0.15) is 44.5 Å². The minimum atomic E-state index is -0.279. The molecule has 0 spiro atoms. The van der Waals surface area contributed by atoms with Crippen LogP contribution in [0.3, 0.4) is 0 Å². The summed E-state index contributed by atoms with van der Waals surface area (Å²) in [5, 5.41) is 14.7. The smallest absolute Gasteiger partial charge is 0.221 e. The fraction of sp³-hybridized carbons (Fsp3) is 0.231. The lowest BCUT2D eigenvalue weighted by atomic mass is 9.92. The number of carbonyl (C=O) groups excluding carboxylic acids is 1. The van der Waals surface area contributed by atoms with Crippen LogP contribution in [0.2, 0.25) is 0 Å². The third-order valence-electron chi connectivity index (χ3n) is 6.46. The van der Waals surface area contributed by atoms with Crippen molar-refractivity contribution in [2.45, 2.75) is 18.9 Å². The monoisotopic (exact) mass is 513 g/mol. The number of H-pyrrole nitrogens is 1. The summed E-state index contributed by atoms with van der Waals surface area (Å²) in [6.07, 6.45) is 6.05. The Hall–Kier alpha value is -5.00. The summed E-state index contributed by atoms with van der Waals surface area (Å²) in [6, 6.07) is 11.4. The van der Waals surface area contributed by atoms with Crippen molar-refractivity contribution in [1.82, 2.24) is 35.5 Å². The first-order valence-electron chi connectivity index (χ1n) is 11.9. The molecular formula is C26H27N9O3. The molecule has 1 aliphatic heterocycles. The highest BCUT2D eigenvalue weighted by Gasteiger charge is 2.30. The molecule has 2 aromatic heterocycles. The largest absolute Gasteiger partial charge is 0.493 e. The van der Waals surface area contributed by atoms with Gasteiger partial charge in [-0.25, -0.2) is 4.98 Å². The van der Waals surface area contributed by atoms with Gasteiger partial charge in [-0.2, -0.15) is 10.2 Å². The van der Waals surface area contributed by atoms with Crippen molar-refractivity contribution in [2.24, 2.45) is 0 Å². The average Bonchev–Trinajstić information content (AvgIpc) is 3.47. The van der Waals surface area contributed by atoms with Gasteiger partial charge in [0.1, 0.15) is 11.9 Å². The number of rotatable bonds is 8. The number of benzene rings is 2. The molecule has 5 N–H and O–H groups in total. The highest BCUT2D eigenvalue weighted by atomic mass is 16.5. The molecule has 0 fully saturated rings. The third-order valence-corrected chi connectivity index (χ3v) is 6.46. The summed E-state index contributed by atoms with van der Waals surface area (Å²) < 4.78 is 11.1. The van der Waals surface area contributed by atoms with Crippen molar-refractivity contribution in [1.29, 1.82) is 0 Å². The number of aromatic nitrogens is 6. The zero-order valence-electron chi connectivity index (χ0n) is 21.0. The van der Waals surface area contributed by atoms with Gasteiger partial charge in [-0.1, -0.05) is 29.5 Å². The Morgan fingerprint density at radius 2 is 2.05 bits per heavy atom. The standard InChI is InChI=1S/C26H27N9O3/c1-37-21-13-15(11-17-14-29-26(28)30-24(17)27)12-19(23(21)38-2)20(36)8-10-35-9-7-16-5-3-4-6-18(16)22(35)25-31-33-34-32-25/h3-6,8,10,12-14,22H,7,9,11H2,1-2H3,(H4,27,28,29,30)(H,31,32,33,34)/b10-8+. The van der Waals surface area contributed by atoms with Gasteiger partial charge in [0, 0.05) is 37.0 Å². The summed E-state index contributed by atoms with van der Waals surface area (Å²) in [6.45, 7) is 0.677. The number of nitrogen functional groups attached to an aromatic ring is 2. The molecule has 0 saturated carbocycles. The second-order valence-electron chi connectivity index (χ2n) is 8.73. The van der Waals surface area contributed by atoms with E-state index in [2.05, 4.69) is 36.7 Å². The maximum atomic E-state index is 13.5. The molecule has 38 heavy (non-hydrogen) atoms. The van der Waals surface area contributed by atoms with E-state index in [1.807, 2.05) is 23.1 Å². The molecule has 1 unspecified atom stereocenters. The molecule has 0 bridgehead atoms. The van der Waals surface area contributed by atoms with Gasteiger partial charge in [-0.15, -0.1) is 10.2 Å². The van der Waals surface area contributed by atoms with Gasteiger partial charge >= 0.3 is 0 Å². The van der Waals surface area contributed by atoms with Crippen LogP contribution < -0.4 is 20.9 Å². The normalized spacial score (nSPS) is 14.9. The van der Waals surface area contributed by atoms with Crippen LogP contribution in [0, 0.1) is 0 Å². The number of carbonyl (C=O) groups is 1. The lowest BCUT2D eigenvalue weighted by molar-refractivity contribution is 0.104. The van der Waals surface area contributed by atoms with Crippen LogP contribution in [-0.4, -0.2) is 62.0 Å². The van der Waals surface area contributed by atoms with Crippen LogP contribution in [0.15, 0.2) is 54.9 Å². The predicted octanol–water partition coefficient (Wildman–Crippen LogP) is 2.11. The number of ether oxygens (including phenoxy) is 2. The highest BCUT2D eigenvalue weighted by molar-refractivity contribution is 6.07. The van der Waals surface area contributed by atoms with E-state index < -0.39 is 0 Å².